The summed E-state index contributed by atoms with van der Waals surface area (Å²) in [7, 11) is 0. The largest absolute Gasteiger partial charge is 0.351 e. The maximum atomic E-state index is 12.6. The monoisotopic (exact) mass is 519 g/mol. The number of carbonyl (C=O) groups is 1. The molecule has 10 heteroatoms. The van der Waals surface area contributed by atoms with Crippen LogP contribution in [0, 0.1) is 17.4 Å². The van der Waals surface area contributed by atoms with E-state index in [1.807, 2.05) is 66.9 Å². The van der Waals surface area contributed by atoms with Gasteiger partial charge < -0.3 is 20.4 Å². The normalized spacial score (nSPS) is 15.7. The molecule has 0 saturated carbocycles. The number of nitrogens with one attached hydrogen (secondary N) is 2. The highest BCUT2D eigenvalue weighted by Gasteiger charge is 2.32. The van der Waals surface area contributed by atoms with Gasteiger partial charge in [-0.25, -0.2) is 9.97 Å². The smallest absolute Gasteiger partial charge is 0.275 e. The summed E-state index contributed by atoms with van der Waals surface area (Å²) in [6, 6.07) is 19.0. The molecule has 0 bridgehead atoms. The number of rotatable bonds is 5. The molecule has 10 nitrogen and oxygen atoms in total. The number of hydrogen-bond acceptors (Lipinski definition) is 7. The number of piperazine rings is 1. The number of guanidine groups is 1. The molecule has 0 radical (unpaired) electrons. The Labute approximate surface area is 227 Å². The second-order valence-electron chi connectivity index (χ2n) is 9.57. The van der Waals surface area contributed by atoms with Crippen LogP contribution in [-0.2, 0) is 0 Å². The standard InChI is InChI=1S/C29H29N9O/c1-20(2)26-18-37(27-17-32-25(16-33-27)28(39)35-21-8-4-3-5-9-21)14-15-38(26)29(34-19-30)36-24-12-6-11-23-22(24)10-7-13-31-23/h3-13,16-17,20,26H,14-15,18H2,1-2H3,(H,34,36)(H,35,39). The van der Waals surface area contributed by atoms with Crippen molar-refractivity contribution < 1.29 is 4.79 Å². The molecule has 1 fully saturated rings. The van der Waals surface area contributed by atoms with E-state index >= 15 is 0 Å². The summed E-state index contributed by atoms with van der Waals surface area (Å²) in [6.07, 6.45) is 6.86. The van der Waals surface area contributed by atoms with Crippen molar-refractivity contribution in [3.05, 3.63) is 84.9 Å². The van der Waals surface area contributed by atoms with E-state index in [0.717, 1.165) is 16.6 Å². The van der Waals surface area contributed by atoms with Crippen molar-refractivity contribution in [2.45, 2.75) is 19.9 Å². The van der Waals surface area contributed by atoms with Crippen LogP contribution in [0.25, 0.3) is 10.9 Å². The van der Waals surface area contributed by atoms with Crippen LogP contribution in [-0.4, -0.2) is 57.4 Å². The number of aromatic nitrogens is 3. The summed E-state index contributed by atoms with van der Waals surface area (Å²) in [5.41, 5.74) is 2.66. The fourth-order valence-corrected chi connectivity index (χ4v) is 4.71. The van der Waals surface area contributed by atoms with Crippen LogP contribution in [0.5, 0.6) is 0 Å². The molecular formula is C29H29N9O. The Morgan fingerprint density at radius 3 is 2.59 bits per heavy atom. The number of benzene rings is 2. The van der Waals surface area contributed by atoms with Gasteiger partial charge in [0.05, 0.1) is 29.6 Å². The van der Waals surface area contributed by atoms with Crippen molar-refractivity contribution in [2.24, 2.45) is 10.9 Å². The van der Waals surface area contributed by atoms with Gasteiger partial charge in [-0.1, -0.05) is 38.1 Å². The molecule has 1 unspecified atom stereocenters. The predicted molar refractivity (Wildman–Crippen MR) is 152 cm³/mol. The minimum atomic E-state index is -0.308. The van der Waals surface area contributed by atoms with Crippen LogP contribution >= 0.6 is 0 Å². The molecule has 39 heavy (non-hydrogen) atoms. The number of fused-ring (bicyclic) bond motifs is 1. The lowest BCUT2D eigenvalue weighted by Gasteiger charge is -2.44. The van der Waals surface area contributed by atoms with Crippen LogP contribution in [0.4, 0.5) is 17.2 Å². The average Bonchev–Trinajstić information content (AvgIpc) is 2.97. The fourth-order valence-electron chi connectivity index (χ4n) is 4.71. The Bertz CT molecular complexity index is 1510. The SMILES string of the molecule is CC(C)C1CN(c2cnc(C(=O)Nc3ccccc3)cn2)CCN1/C(=N\C#N)Nc1cccc2ncccc12. The van der Waals surface area contributed by atoms with E-state index in [1.165, 1.54) is 6.20 Å². The minimum absolute atomic E-state index is 0.0503. The van der Waals surface area contributed by atoms with Gasteiger partial charge in [0.2, 0.25) is 12.2 Å². The zero-order valence-corrected chi connectivity index (χ0v) is 21.8. The van der Waals surface area contributed by atoms with E-state index in [1.54, 1.807) is 12.4 Å². The Hall–Kier alpha value is -5.04. The number of aliphatic imine (C=N–C) groups is 1. The molecule has 5 rings (SSSR count). The number of pyridine rings is 1. The zero-order chi connectivity index (χ0) is 27.2. The lowest BCUT2D eigenvalue weighted by atomic mass is 9.99. The molecule has 3 heterocycles. The molecule has 196 valence electrons. The molecule has 1 amide bonds. The topological polar surface area (TPSA) is 122 Å². The predicted octanol–water partition coefficient (Wildman–Crippen LogP) is 4.37. The van der Waals surface area contributed by atoms with Crippen molar-refractivity contribution in [3.8, 4) is 6.19 Å². The molecular weight excluding hydrogens is 490 g/mol. The molecule has 0 spiro atoms. The Morgan fingerprint density at radius 2 is 1.85 bits per heavy atom. The molecule has 1 saturated heterocycles. The lowest BCUT2D eigenvalue weighted by molar-refractivity contribution is 0.102. The van der Waals surface area contributed by atoms with Crippen LogP contribution < -0.4 is 15.5 Å². The summed E-state index contributed by atoms with van der Waals surface area (Å²) in [5.74, 6) is 1.16. The lowest BCUT2D eigenvalue weighted by Crippen LogP contribution is -2.58. The maximum absolute atomic E-state index is 12.6. The van der Waals surface area contributed by atoms with Crippen LogP contribution in [0.3, 0.4) is 0 Å². The molecule has 1 aliphatic heterocycles. The highest BCUT2D eigenvalue weighted by atomic mass is 16.1. The highest BCUT2D eigenvalue weighted by molar-refractivity contribution is 6.03. The van der Waals surface area contributed by atoms with Gasteiger partial charge in [-0.3, -0.25) is 9.78 Å². The van der Waals surface area contributed by atoms with E-state index < -0.39 is 0 Å². The minimum Gasteiger partial charge on any atom is -0.351 e. The highest BCUT2D eigenvalue weighted by Crippen LogP contribution is 2.25. The number of nitriles is 1. The number of carbonyl (C=O) groups excluding carboxylic acids is 1. The number of nitrogens with zero attached hydrogens (tertiary/aromatic N) is 7. The molecule has 1 aliphatic rings. The van der Waals surface area contributed by atoms with Gasteiger partial charge in [0.25, 0.3) is 5.91 Å². The summed E-state index contributed by atoms with van der Waals surface area (Å²) in [5, 5.41) is 16.7. The third-order valence-electron chi connectivity index (χ3n) is 6.73. The van der Waals surface area contributed by atoms with Crippen LogP contribution in [0.1, 0.15) is 24.3 Å². The van der Waals surface area contributed by atoms with Crippen LogP contribution in [0.15, 0.2) is 84.2 Å². The third kappa shape index (κ3) is 5.78. The van der Waals surface area contributed by atoms with Crippen molar-refractivity contribution >= 4 is 40.0 Å². The van der Waals surface area contributed by atoms with E-state index in [0.29, 0.717) is 37.1 Å². The molecule has 0 aliphatic carbocycles. The Balaban J connectivity index is 1.31. The van der Waals surface area contributed by atoms with Gasteiger partial charge in [0, 0.05) is 36.9 Å². The quantitative estimate of drug-likeness (QED) is 0.226. The first-order valence-electron chi connectivity index (χ1n) is 12.8. The first-order valence-corrected chi connectivity index (χ1v) is 12.8. The van der Waals surface area contributed by atoms with E-state index in [9.17, 15) is 10.1 Å². The van der Waals surface area contributed by atoms with E-state index in [4.69, 9.17) is 0 Å². The first kappa shape index (κ1) is 25.6. The second kappa shape index (κ2) is 11.6. The summed E-state index contributed by atoms with van der Waals surface area (Å²) in [6.45, 7) is 6.23. The van der Waals surface area contributed by atoms with Crippen molar-refractivity contribution in [3.63, 3.8) is 0 Å². The summed E-state index contributed by atoms with van der Waals surface area (Å²) in [4.78, 5) is 34.4. The Morgan fingerprint density at radius 1 is 1.00 bits per heavy atom. The van der Waals surface area contributed by atoms with Gasteiger partial charge in [-0.05, 0) is 42.3 Å². The molecule has 4 aromatic rings. The number of para-hydroxylation sites is 1. The summed E-state index contributed by atoms with van der Waals surface area (Å²) >= 11 is 0. The van der Waals surface area contributed by atoms with Gasteiger partial charge in [-0.15, -0.1) is 4.99 Å². The van der Waals surface area contributed by atoms with E-state index in [2.05, 4.69) is 54.2 Å². The van der Waals surface area contributed by atoms with Gasteiger partial charge >= 0.3 is 0 Å². The van der Waals surface area contributed by atoms with Gasteiger partial charge in [0.15, 0.2) is 0 Å². The van der Waals surface area contributed by atoms with Crippen molar-refractivity contribution in [1.82, 2.24) is 19.9 Å². The van der Waals surface area contributed by atoms with Crippen molar-refractivity contribution in [1.29, 1.82) is 5.26 Å². The average molecular weight is 520 g/mol. The Kier molecular flexibility index (Phi) is 7.59. The molecule has 2 N–H and O–H groups in total. The maximum Gasteiger partial charge on any atom is 0.275 e. The number of anilines is 3. The second-order valence-corrected chi connectivity index (χ2v) is 9.57. The summed E-state index contributed by atoms with van der Waals surface area (Å²) < 4.78 is 0. The van der Waals surface area contributed by atoms with E-state index in [-0.39, 0.29) is 23.6 Å². The van der Waals surface area contributed by atoms with Gasteiger partial charge in [-0.2, -0.15) is 5.26 Å². The first-order chi connectivity index (χ1) is 19.0. The third-order valence-corrected chi connectivity index (χ3v) is 6.73. The molecule has 2 aromatic carbocycles. The molecule has 1 atom stereocenters. The number of hydrogen-bond donors (Lipinski definition) is 2. The fraction of sp³-hybridized carbons (Fsp3) is 0.241. The number of amides is 1. The zero-order valence-electron chi connectivity index (χ0n) is 21.8. The van der Waals surface area contributed by atoms with Crippen molar-refractivity contribution in [2.75, 3.05) is 35.2 Å². The van der Waals surface area contributed by atoms with Crippen LogP contribution in [0.2, 0.25) is 0 Å². The van der Waals surface area contributed by atoms with Gasteiger partial charge in [0.1, 0.15) is 11.5 Å². The molecule has 2 aromatic heterocycles.